The normalized spacial score (nSPS) is 11.3. The molecule has 1 aromatic heterocycles. The average molecular weight is 257 g/mol. The van der Waals surface area contributed by atoms with E-state index >= 15 is 0 Å². The van der Waals surface area contributed by atoms with Crippen LogP contribution in [0.1, 0.15) is 50.9 Å². The summed E-state index contributed by atoms with van der Waals surface area (Å²) in [6, 6.07) is 8.95. The van der Waals surface area contributed by atoms with Crippen molar-refractivity contribution >= 4 is 5.69 Å². The van der Waals surface area contributed by atoms with E-state index in [4.69, 9.17) is 0 Å². The molecule has 0 aliphatic carbocycles. The molecule has 0 aliphatic rings. The van der Waals surface area contributed by atoms with Crippen molar-refractivity contribution in [3.8, 4) is 0 Å². The number of anilines is 1. The van der Waals surface area contributed by atoms with Gasteiger partial charge in [0.2, 0.25) is 0 Å². The van der Waals surface area contributed by atoms with Crippen LogP contribution in [0.5, 0.6) is 0 Å². The van der Waals surface area contributed by atoms with Gasteiger partial charge in [-0.25, -0.2) is 4.98 Å². The third-order valence-electron chi connectivity index (χ3n) is 3.35. The second-order valence-corrected chi connectivity index (χ2v) is 5.48. The first kappa shape index (κ1) is 13.7. The highest BCUT2D eigenvalue weighted by Crippen LogP contribution is 2.24. The smallest absolute Gasteiger partial charge is 0.0951 e. The molecule has 0 spiro atoms. The Labute approximate surface area is 115 Å². The van der Waals surface area contributed by atoms with E-state index in [1.54, 1.807) is 0 Å². The van der Waals surface area contributed by atoms with Crippen molar-refractivity contribution in [2.45, 2.75) is 46.2 Å². The van der Waals surface area contributed by atoms with Gasteiger partial charge in [-0.05, 0) is 31.4 Å². The maximum atomic E-state index is 4.24. The molecule has 0 fully saturated rings. The molecule has 0 bridgehead atoms. The summed E-state index contributed by atoms with van der Waals surface area (Å²) >= 11 is 0. The molecule has 0 amide bonds. The minimum atomic E-state index is 0.444. The molecule has 1 N–H and O–H groups in total. The molecule has 1 aromatic carbocycles. The number of nitrogens with one attached hydrogen (secondary N) is 1. The third-order valence-corrected chi connectivity index (χ3v) is 3.35. The fourth-order valence-electron chi connectivity index (χ4n) is 2.28. The van der Waals surface area contributed by atoms with Crippen LogP contribution >= 0.6 is 0 Å². The predicted molar refractivity (Wildman–Crippen MR) is 80.5 cm³/mol. The largest absolute Gasteiger partial charge is 0.379 e. The van der Waals surface area contributed by atoms with Gasteiger partial charge in [-0.2, -0.15) is 0 Å². The first-order chi connectivity index (χ1) is 9.09. The van der Waals surface area contributed by atoms with E-state index in [1.165, 1.54) is 16.9 Å². The zero-order chi connectivity index (χ0) is 13.8. The van der Waals surface area contributed by atoms with Crippen molar-refractivity contribution < 1.29 is 0 Å². The lowest BCUT2D eigenvalue weighted by Crippen LogP contribution is -2.10. The van der Waals surface area contributed by atoms with Gasteiger partial charge >= 0.3 is 0 Å². The fraction of sp³-hybridized carbons (Fsp3) is 0.438. The summed E-state index contributed by atoms with van der Waals surface area (Å²) in [5, 5.41) is 3.53. The van der Waals surface area contributed by atoms with Crippen molar-refractivity contribution in [3.63, 3.8) is 0 Å². The number of benzene rings is 1. The second-order valence-electron chi connectivity index (χ2n) is 5.48. The number of nitrogens with zero attached hydrogens (tertiary/aromatic N) is 2. The van der Waals surface area contributed by atoms with Crippen molar-refractivity contribution in [1.82, 2.24) is 9.55 Å². The summed E-state index contributed by atoms with van der Waals surface area (Å²) in [6.45, 7) is 9.60. The third kappa shape index (κ3) is 3.16. The minimum absolute atomic E-state index is 0.444. The van der Waals surface area contributed by atoms with Gasteiger partial charge in [-0.1, -0.05) is 32.0 Å². The highest BCUT2D eigenvalue weighted by atomic mass is 15.1. The molecule has 1 heterocycles. The molecule has 102 valence electrons. The molecule has 0 atom stereocenters. The SMILES string of the molecule is CC(C)c1ccccc1NCc1cncn1C(C)C. The Bertz CT molecular complexity index is 526. The first-order valence-electron chi connectivity index (χ1n) is 6.93. The Morgan fingerprint density at radius 2 is 1.89 bits per heavy atom. The summed E-state index contributed by atoms with van der Waals surface area (Å²) in [5.74, 6) is 0.527. The zero-order valence-electron chi connectivity index (χ0n) is 12.2. The van der Waals surface area contributed by atoms with Gasteiger partial charge in [0.25, 0.3) is 0 Å². The van der Waals surface area contributed by atoms with Crippen LogP contribution in [-0.4, -0.2) is 9.55 Å². The van der Waals surface area contributed by atoms with Crippen LogP contribution in [0.2, 0.25) is 0 Å². The summed E-state index contributed by atoms with van der Waals surface area (Å²) < 4.78 is 2.20. The maximum Gasteiger partial charge on any atom is 0.0951 e. The van der Waals surface area contributed by atoms with E-state index in [1.807, 2.05) is 12.5 Å². The zero-order valence-corrected chi connectivity index (χ0v) is 12.2. The Morgan fingerprint density at radius 1 is 1.16 bits per heavy atom. The van der Waals surface area contributed by atoms with Gasteiger partial charge in [-0.15, -0.1) is 0 Å². The lowest BCUT2D eigenvalue weighted by Gasteiger charge is -2.16. The summed E-state index contributed by atoms with van der Waals surface area (Å²) in [5.41, 5.74) is 3.79. The predicted octanol–water partition coefficient (Wildman–Crippen LogP) is 4.20. The Hall–Kier alpha value is -1.77. The lowest BCUT2D eigenvalue weighted by atomic mass is 10.0. The Kier molecular flexibility index (Phi) is 4.25. The van der Waals surface area contributed by atoms with Gasteiger partial charge < -0.3 is 9.88 Å². The maximum absolute atomic E-state index is 4.24. The number of para-hydroxylation sites is 1. The molecule has 0 aliphatic heterocycles. The van der Waals surface area contributed by atoms with Crippen molar-refractivity contribution in [2.75, 3.05) is 5.32 Å². The van der Waals surface area contributed by atoms with Crippen LogP contribution in [0.25, 0.3) is 0 Å². The summed E-state index contributed by atoms with van der Waals surface area (Å²) in [6.07, 6.45) is 3.83. The lowest BCUT2D eigenvalue weighted by molar-refractivity contribution is 0.577. The molecule has 0 saturated carbocycles. The summed E-state index contributed by atoms with van der Waals surface area (Å²) in [7, 11) is 0. The van der Waals surface area contributed by atoms with Gasteiger partial charge in [-0.3, -0.25) is 0 Å². The van der Waals surface area contributed by atoms with Crippen LogP contribution < -0.4 is 5.32 Å². The quantitative estimate of drug-likeness (QED) is 0.870. The highest BCUT2D eigenvalue weighted by molar-refractivity contribution is 5.52. The van der Waals surface area contributed by atoms with E-state index in [2.05, 4.69) is 66.8 Å². The first-order valence-corrected chi connectivity index (χ1v) is 6.93. The molecule has 3 heteroatoms. The minimum Gasteiger partial charge on any atom is -0.379 e. The van der Waals surface area contributed by atoms with E-state index in [-0.39, 0.29) is 0 Å². The van der Waals surface area contributed by atoms with Crippen LogP contribution in [0, 0.1) is 0 Å². The number of hydrogen-bond acceptors (Lipinski definition) is 2. The van der Waals surface area contributed by atoms with E-state index in [0.29, 0.717) is 12.0 Å². The monoisotopic (exact) mass is 257 g/mol. The standard InChI is InChI=1S/C16H23N3/c1-12(2)15-7-5-6-8-16(15)18-10-14-9-17-11-19(14)13(3)4/h5-9,11-13,18H,10H2,1-4H3. The van der Waals surface area contributed by atoms with Gasteiger partial charge in [0.05, 0.1) is 18.6 Å². The van der Waals surface area contributed by atoms with Crippen LogP contribution in [0.3, 0.4) is 0 Å². The number of aromatic nitrogens is 2. The molecule has 2 rings (SSSR count). The molecule has 0 saturated heterocycles. The molecular weight excluding hydrogens is 234 g/mol. The van der Waals surface area contributed by atoms with Gasteiger partial charge in [0.1, 0.15) is 0 Å². The molecule has 0 unspecified atom stereocenters. The topological polar surface area (TPSA) is 29.9 Å². The molecule has 2 aromatic rings. The van der Waals surface area contributed by atoms with Gasteiger partial charge in [0.15, 0.2) is 0 Å². The van der Waals surface area contributed by atoms with Crippen molar-refractivity contribution in [3.05, 3.63) is 48.0 Å². The molecular formula is C16H23N3. The fourth-order valence-corrected chi connectivity index (χ4v) is 2.28. The van der Waals surface area contributed by atoms with Crippen LogP contribution in [0.15, 0.2) is 36.8 Å². The Balaban J connectivity index is 2.13. The van der Waals surface area contributed by atoms with Crippen LogP contribution in [0.4, 0.5) is 5.69 Å². The van der Waals surface area contributed by atoms with E-state index in [9.17, 15) is 0 Å². The number of imidazole rings is 1. The van der Waals surface area contributed by atoms with Crippen molar-refractivity contribution in [1.29, 1.82) is 0 Å². The summed E-state index contributed by atoms with van der Waals surface area (Å²) in [4.78, 5) is 4.24. The van der Waals surface area contributed by atoms with Crippen LogP contribution in [-0.2, 0) is 6.54 Å². The van der Waals surface area contributed by atoms with E-state index in [0.717, 1.165) is 6.54 Å². The van der Waals surface area contributed by atoms with E-state index < -0.39 is 0 Å². The Morgan fingerprint density at radius 3 is 2.58 bits per heavy atom. The van der Waals surface area contributed by atoms with Gasteiger partial charge in [0, 0.05) is 17.9 Å². The van der Waals surface area contributed by atoms with Crippen molar-refractivity contribution in [2.24, 2.45) is 0 Å². The number of rotatable bonds is 5. The molecule has 0 radical (unpaired) electrons. The second kappa shape index (κ2) is 5.91. The highest BCUT2D eigenvalue weighted by Gasteiger charge is 2.08. The average Bonchev–Trinajstić information content (AvgIpc) is 2.85. The molecule has 3 nitrogen and oxygen atoms in total. The molecule has 19 heavy (non-hydrogen) atoms. The number of hydrogen-bond donors (Lipinski definition) is 1.